The van der Waals surface area contributed by atoms with Crippen LogP contribution in [-0.2, 0) is 26.0 Å². The zero-order valence-corrected chi connectivity index (χ0v) is 19.4. The van der Waals surface area contributed by atoms with Gasteiger partial charge in [-0.05, 0) is 36.4 Å². The molecular weight excluding hydrogens is 472 g/mol. The van der Waals surface area contributed by atoms with Crippen LogP contribution < -0.4 is 20.5 Å². The minimum absolute atomic E-state index is 0.0351. The Morgan fingerprint density at radius 1 is 1.09 bits per heavy atom. The molecule has 32 heavy (non-hydrogen) atoms. The maximum absolute atomic E-state index is 12.2. The Morgan fingerprint density at radius 3 is 2.50 bits per heavy atom. The standard InChI is InChI=1S/C20H20N4O5S3/c1-29-16-4-2-3-14(9-16)23-19(26)12-31-20-24-15(11-30-20)10-18(25)22-13-5-7-17(8-6-13)32(21,27)28/h2-9,11H,10,12H2,1H3,(H,22,25)(H,23,26)(H2,21,27,28). The Balaban J connectivity index is 1.47. The molecule has 0 saturated carbocycles. The Hall–Kier alpha value is -2.93. The third-order valence-electron chi connectivity index (χ3n) is 4.02. The molecule has 2 aromatic carbocycles. The second kappa shape index (κ2) is 10.6. The summed E-state index contributed by atoms with van der Waals surface area (Å²) in [7, 11) is -2.23. The number of sulfonamides is 1. The molecule has 12 heteroatoms. The highest BCUT2D eigenvalue weighted by Crippen LogP contribution is 2.24. The van der Waals surface area contributed by atoms with Crippen molar-refractivity contribution in [3.05, 3.63) is 59.6 Å². The van der Waals surface area contributed by atoms with E-state index in [4.69, 9.17) is 9.88 Å². The summed E-state index contributed by atoms with van der Waals surface area (Å²) in [4.78, 5) is 28.7. The van der Waals surface area contributed by atoms with E-state index < -0.39 is 10.0 Å². The number of methoxy groups -OCH3 is 1. The van der Waals surface area contributed by atoms with E-state index in [1.807, 2.05) is 0 Å². The molecule has 0 spiro atoms. The topological polar surface area (TPSA) is 140 Å². The van der Waals surface area contributed by atoms with Gasteiger partial charge in [0.2, 0.25) is 21.8 Å². The van der Waals surface area contributed by atoms with E-state index in [-0.39, 0.29) is 28.9 Å². The zero-order chi connectivity index (χ0) is 23.1. The molecule has 0 fully saturated rings. The summed E-state index contributed by atoms with van der Waals surface area (Å²) in [5.74, 6) is 0.345. The van der Waals surface area contributed by atoms with Gasteiger partial charge in [0, 0.05) is 22.8 Å². The lowest BCUT2D eigenvalue weighted by molar-refractivity contribution is -0.116. The van der Waals surface area contributed by atoms with Crippen LogP contribution in [0.4, 0.5) is 11.4 Å². The predicted molar refractivity (Wildman–Crippen MR) is 125 cm³/mol. The van der Waals surface area contributed by atoms with Crippen LogP contribution in [-0.4, -0.2) is 38.1 Å². The number of aromatic nitrogens is 1. The lowest BCUT2D eigenvalue weighted by Crippen LogP contribution is -2.15. The van der Waals surface area contributed by atoms with Gasteiger partial charge in [-0.3, -0.25) is 9.59 Å². The number of thioether (sulfide) groups is 1. The van der Waals surface area contributed by atoms with Crippen molar-refractivity contribution in [1.29, 1.82) is 0 Å². The van der Waals surface area contributed by atoms with Gasteiger partial charge < -0.3 is 15.4 Å². The van der Waals surface area contributed by atoms with Crippen LogP contribution in [0.5, 0.6) is 5.75 Å². The number of thiazole rings is 1. The quantitative estimate of drug-likeness (QED) is 0.390. The number of nitrogens with two attached hydrogens (primary N) is 1. The first-order chi connectivity index (χ1) is 15.2. The Labute approximate surface area is 193 Å². The Bertz CT molecular complexity index is 1210. The number of anilines is 2. The van der Waals surface area contributed by atoms with Gasteiger partial charge in [0.05, 0.1) is 29.9 Å². The highest BCUT2D eigenvalue weighted by molar-refractivity contribution is 8.01. The number of benzene rings is 2. The lowest BCUT2D eigenvalue weighted by Gasteiger charge is -2.06. The number of ether oxygens (including phenoxy) is 1. The smallest absolute Gasteiger partial charge is 0.238 e. The average Bonchev–Trinajstić information content (AvgIpc) is 3.19. The normalized spacial score (nSPS) is 11.1. The van der Waals surface area contributed by atoms with E-state index >= 15 is 0 Å². The number of carbonyl (C=O) groups is 2. The molecule has 9 nitrogen and oxygen atoms in total. The zero-order valence-electron chi connectivity index (χ0n) is 16.9. The van der Waals surface area contributed by atoms with Crippen molar-refractivity contribution >= 4 is 56.3 Å². The van der Waals surface area contributed by atoms with Crippen LogP contribution in [0, 0.1) is 0 Å². The van der Waals surface area contributed by atoms with Crippen LogP contribution in [0.15, 0.2) is 63.1 Å². The molecule has 3 aromatic rings. The Morgan fingerprint density at radius 2 is 1.81 bits per heavy atom. The molecule has 0 radical (unpaired) electrons. The van der Waals surface area contributed by atoms with Gasteiger partial charge >= 0.3 is 0 Å². The molecule has 168 valence electrons. The summed E-state index contributed by atoms with van der Waals surface area (Å²) in [6.45, 7) is 0. The first-order valence-electron chi connectivity index (χ1n) is 9.17. The van der Waals surface area contributed by atoms with E-state index in [0.29, 0.717) is 27.2 Å². The third kappa shape index (κ3) is 7.05. The van der Waals surface area contributed by atoms with Gasteiger partial charge in [0.1, 0.15) is 5.75 Å². The monoisotopic (exact) mass is 492 g/mol. The third-order valence-corrected chi connectivity index (χ3v) is 7.02. The summed E-state index contributed by atoms with van der Waals surface area (Å²) in [6, 6.07) is 12.6. The van der Waals surface area contributed by atoms with Crippen LogP contribution in [0.1, 0.15) is 5.69 Å². The van der Waals surface area contributed by atoms with E-state index in [1.165, 1.54) is 47.4 Å². The number of hydrogen-bond donors (Lipinski definition) is 3. The Kier molecular flexibility index (Phi) is 7.85. The number of primary sulfonamides is 1. The molecule has 1 aromatic heterocycles. The molecule has 0 unspecified atom stereocenters. The molecule has 0 bridgehead atoms. The van der Waals surface area contributed by atoms with E-state index in [0.717, 1.165) is 0 Å². The molecule has 0 atom stereocenters. The molecule has 2 amide bonds. The van der Waals surface area contributed by atoms with Crippen LogP contribution in [0.3, 0.4) is 0 Å². The first kappa shape index (κ1) is 23.7. The van der Waals surface area contributed by atoms with Gasteiger partial charge in [-0.2, -0.15) is 0 Å². The fourth-order valence-electron chi connectivity index (χ4n) is 2.56. The second-order valence-electron chi connectivity index (χ2n) is 6.47. The molecular formula is C20H20N4O5S3. The second-order valence-corrected chi connectivity index (χ2v) is 10.1. The van der Waals surface area contributed by atoms with Gasteiger partial charge in [-0.15, -0.1) is 11.3 Å². The van der Waals surface area contributed by atoms with Gasteiger partial charge in [0.15, 0.2) is 4.34 Å². The number of hydrogen-bond acceptors (Lipinski definition) is 8. The van der Waals surface area contributed by atoms with Crippen LogP contribution >= 0.6 is 23.1 Å². The molecule has 0 aliphatic carbocycles. The van der Waals surface area contributed by atoms with Gasteiger partial charge in [0.25, 0.3) is 0 Å². The van der Waals surface area contributed by atoms with Crippen molar-refractivity contribution in [2.45, 2.75) is 15.7 Å². The van der Waals surface area contributed by atoms with Crippen LogP contribution in [0.2, 0.25) is 0 Å². The molecule has 0 aliphatic rings. The van der Waals surface area contributed by atoms with Crippen molar-refractivity contribution in [3.8, 4) is 5.75 Å². The van der Waals surface area contributed by atoms with Crippen molar-refractivity contribution in [1.82, 2.24) is 4.98 Å². The van der Waals surface area contributed by atoms with Gasteiger partial charge in [-0.1, -0.05) is 17.8 Å². The van der Waals surface area contributed by atoms with Gasteiger partial charge in [-0.25, -0.2) is 18.5 Å². The van der Waals surface area contributed by atoms with Crippen molar-refractivity contribution < 1.29 is 22.7 Å². The largest absolute Gasteiger partial charge is 0.497 e. The maximum atomic E-state index is 12.2. The number of rotatable bonds is 9. The minimum atomic E-state index is -3.78. The highest BCUT2D eigenvalue weighted by Gasteiger charge is 2.12. The fraction of sp³-hybridized carbons (Fsp3) is 0.150. The average molecular weight is 493 g/mol. The molecule has 3 rings (SSSR count). The van der Waals surface area contributed by atoms with Crippen molar-refractivity contribution in [2.75, 3.05) is 23.5 Å². The van der Waals surface area contributed by atoms with Crippen molar-refractivity contribution in [3.63, 3.8) is 0 Å². The lowest BCUT2D eigenvalue weighted by atomic mass is 10.3. The summed E-state index contributed by atoms with van der Waals surface area (Å²) in [5, 5.41) is 12.3. The van der Waals surface area contributed by atoms with E-state index in [9.17, 15) is 18.0 Å². The summed E-state index contributed by atoms with van der Waals surface area (Å²) < 4.78 is 28.3. The minimum Gasteiger partial charge on any atom is -0.497 e. The van der Waals surface area contributed by atoms with E-state index in [2.05, 4.69) is 15.6 Å². The number of nitrogens with one attached hydrogen (secondary N) is 2. The molecule has 0 aliphatic heterocycles. The maximum Gasteiger partial charge on any atom is 0.238 e. The summed E-state index contributed by atoms with van der Waals surface area (Å²) >= 11 is 2.63. The number of amides is 2. The predicted octanol–water partition coefficient (Wildman–Crippen LogP) is 2.71. The molecule has 4 N–H and O–H groups in total. The summed E-state index contributed by atoms with van der Waals surface area (Å²) in [6.07, 6.45) is 0.0456. The molecule has 1 heterocycles. The van der Waals surface area contributed by atoms with Crippen LogP contribution in [0.25, 0.3) is 0 Å². The number of carbonyl (C=O) groups excluding carboxylic acids is 2. The highest BCUT2D eigenvalue weighted by atomic mass is 32.2. The van der Waals surface area contributed by atoms with Crippen molar-refractivity contribution in [2.24, 2.45) is 5.14 Å². The molecule has 0 saturated heterocycles. The fourth-order valence-corrected chi connectivity index (χ4v) is 4.72. The van der Waals surface area contributed by atoms with E-state index in [1.54, 1.807) is 36.8 Å². The summed E-state index contributed by atoms with van der Waals surface area (Å²) in [5.41, 5.74) is 1.66. The first-order valence-corrected chi connectivity index (χ1v) is 12.6. The number of nitrogens with zero attached hydrogens (tertiary/aromatic N) is 1. The SMILES string of the molecule is COc1cccc(NC(=O)CSc2nc(CC(=O)Nc3ccc(S(N)(=O)=O)cc3)cs2)c1.